The predicted octanol–water partition coefficient (Wildman–Crippen LogP) is 4.97. The summed E-state index contributed by atoms with van der Waals surface area (Å²) in [6.07, 6.45) is 1.46. The lowest BCUT2D eigenvalue weighted by Gasteiger charge is -2.16. The van der Waals surface area contributed by atoms with Gasteiger partial charge in [-0.15, -0.1) is 0 Å². The number of hydrogen-bond donors (Lipinski definition) is 4. The van der Waals surface area contributed by atoms with Gasteiger partial charge in [0, 0.05) is 6.54 Å². The zero-order chi connectivity index (χ0) is 26.5. The van der Waals surface area contributed by atoms with Crippen LogP contribution in [-0.4, -0.2) is 47.6 Å². The molecule has 0 bridgehead atoms. The SMILES string of the molecule is CC(=NOCC(C)C)c1ccc(CNc2c(Cl)ccc3c2CCNCC3)cc1.O=C(O)CCC(=O)O. The molecule has 196 valence electrons. The molecule has 0 saturated heterocycles. The highest BCUT2D eigenvalue weighted by Gasteiger charge is 2.14. The zero-order valence-electron chi connectivity index (χ0n) is 21.1. The summed E-state index contributed by atoms with van der Waals surface area (Å²) in [6, 6.07) is 12.6. The van der Waals surface area contributed by atoms with Crippen LogP contribution in [0.2, 0.25) is 5.02 Å². The average Bonchev–Trinajstić information content (AvgIpc) is 3.08. The highest BCUT2D eigenvalue weighted by molar-refractivity contribution is 6.33. The number of carbonyl (C=O) groups is 2. The fourth-order valence-corrected chi connectivity index (χ4v) is 3.78. The molecule has 0 saturated carbocycles. The maximum absolute atomic E-state index is 9.64. The number of carboxylic acid groups (broad SMARTS) is 2. The molecule has 0 aliphatic carbocycles. The van der Waals surface area contributed by atoms with Crippen LogP contribution in [0, 0.1) is 5.92 Å². The van der Waals surface area contributed by atoms with Crippen LogP contribution < -0.4 is 10.6 Å². The van der Waals surface area contributed by atoms with Gasteiger partial charge in [-0.25, -0.2) is 0 Å². The quantitative estimate of drug-likeness (QED) is 0.259. The zero-order valence-corrected chi connectivity index (χ0v) is 21.9. The van der Waals surface area contributed by atoms with E-state index in [9.17, 15) is 9.59 Å². The topological polar surface area (TPSA) is 120 Å². The summed E-state index contributed by atoms with van der Waals surface area (Å²) in [5.74, 6) is -1.68. The third-order valence-corrected chi connectivity index (χ3v) is 5.80. The highest BCUT2D eigenvalue weighted by atomic mass is 35.5. The lowest BCUT2D eigenvalue weighted by atomic mass is 10.0. The van der Waals surface area contributed by atoms with Crippen molar-refractivity contribution < 1.29 is 24.6 Å². The van der Waals surface area contributed by atoms with E-state index in [1.807, 2.05) is 13.0 Å². The first-order valence-electron chi connectivity index (χ1n) is 12.1. The van der Waals surface area contributed by atoms with Gasteiger partial charge in [-0.3, -0.25) is 9.59 Å². The van der Waals surface area contributed by atoms with Crippen LogP contribution in [0.1, 0.15) is 55.9 Å². The van der Waals surface area contributed by atoms with E-state index in [1.54, 1.807) is 0 Å². The summed E-state index contributed by atoms with van der Waals surface area (Å²) in [5.41, 5.74) is 6.99. The maximum Gasteiger partial charge on any atom is 0.303 e. The summed E-state index contributed by atoms with van der Waals surface area (Å²) in [5, 5.41) is 27.8. The number of anilines is 1. The van der Waals surface area contributed by atoms with Crippen LogP contribution in [0.15, 0.2) is 41.6 Å². The Labute approximate surface area is 217 Å². The Kier molecular flexibility index (Phi) is 12.2. The number of rotatable bonds is 10. The van der Waals surface area contributed by atoms with Gasteiger partial charge in [0.2, 0.25) is 0 Å². The number of carboxylic acids is 2. The maximum atomic E-state index is 9.64. The molecule has 0 fully saturated rings. The van der Waals surface area contributed by atoms with E-state index in [0.29, 0.717) is 12.5 Å². The molecule has 3 rings (SSSR count). The van der Waals surface area contributed by atoms with Crippen molar-refractivity contribution in [2.45, 2.75) is 53.0 Å². The predicted molar refractivity (Wildman–Crippen MR) is 143 cm³/mol. The van der Waals surface area contributed by atoms with E-state index in [0.717, 1.165) is 54.5 Å². The normalized spacial score (nSPS) is 13.2. The van der Waals surface area contributed by atoms with Crippen molar-refractivity contribution in [3.05, 3.63) is 63.7 Å². The number of nitrogens with zero attached hydrogens (tertiary/aromatic N) is 1. The second kappa shape index (κ2) is 15.1. The first-order valence-corrected chi connectivity index (χ1v) is 12.5. The van der Waals surface area contributed by atoms with E-state index < -0.39 is 11.9 Å². The van der Waals surface area contributed by atoms with Crippen LogP contribution in [0.4, 0.5) is 5.69 Å². The number of nitrogens with one attached hydrogen (secondary N) is 2. The molecule has 2 aromatic carbocycles. The third kappa shape index (κ3) is 10.3. The third-order valence-electron chi connectivity index (χ3n) is 5.49. The smallest absolute Gasteiger partial charge is 0.303 e. The largest absolute Gasteiger partial charge is 0.481 e. The summed E-state index contributed by atoms with van der Waals surface area (Å²) < 4.78 is 0. The minimum absolute atomic E-state index is 0.296. The number of aliphatic carboxylic acids is 2. The molecule has 0 unspecified atom stereocenters. The molecule has 0 aromatic heterocycles. The minimum atomic E-state index is -1.08. The standard InChI is InChI=1S/C23H30ClN3O.C4H6O4/c1-16(2)15-28-27-17(3)19-6-4-18(5-7-19)14-26-23-21-11-13-25-12-10-20(21)8-9-22(23)24;5-3(6)1-2-4(7)8/h4-9,16,25-26H,10-15H2,1-3H3;1-2H2,(H,5,6)(H,7,8). The van der Waals surface area contributed by atoms with E-state index in [2.05, 4.69) is 60.0 Å². The number of halogens is 1. The first-order chi connectivity index (χ1) is 17.2. The molecular weight excluding hydrogens is 482 g/mol. The Bertz CT molecular complexity index is 1020. The summed E-state index contributed by atoms with van der Waals surface area (Å²) >= 11 is 6.51. The fourth-order valence-electron chi connectivity index (χ4n) is 3.54. The van der Waals surface area contributed by atoms with E-state index >= 15 is 0 Å². The minimum Gasteiger partial charge on any atom is -0.481 e. The Morgan fingerprint density at radius 2 is 1.69 bits per heavy atom. The van der Waals surface area contributed by atoms with Crippen molar-refractivity contribution >= 4 is 34.9 Å². The molecule has 9 heteroatoms. The van der Waals surface area contributed by atoms with Gasteiger partial charge < -0.3 is 25.7 Å². The van der Waals surface area contributed by atoms with Crippen LogP contribution in [-0.2, 0) is 33.8 Å². The molecular formula is C27H36ClN3O5. The molecule has 1 aliphatic heterocycles. The van der Waals surface area contributed by atoms with Gasteiger partial charge in [0.1, 0.15) is 6.61 Å². The van der Waals surface area contributed by atoms with Gasteiger partial charge >= 0.3 is 11.9 Å². The van der Waals surface area contributed by atoms with Crippen molar-refractivity contribution in [3.63, 3.8) is 0 Å². The first kappa shape index (κ1) is 29.1. The Morgan fingerprint density at radius 1 is 1.06 bits per heavy atom. The van der Waals surface area contributed by atoms with E-state index in [1.165, 1.54) is 16.7 Å². The fraction of sp³-hybridized carbons (Fsp3) is 0.444. The van der Waals surface area contributed by atoms with E-state index in [-0.39, 0.29) is 12.8 Å². The molecule has 0 atom stereocenters. The highest BCUT2D eigenvalue weighted by Crippen LogP contribution is 2.31. The van der Waals surface area contributed by atoms with E-state index in [4.69, 9.17) is 26.7 Å². The summed E-state index contributed by atoms with van der Waals surface area (Å²) in [4.78, 5) is 24.7. The number of benzene rings is 2. The van der Waals surface area contributed by atoms with Gasteiger partial charge in [0.15, 0.2) is 0 Å². The Morgan fingerprint density at radius 3 is 2.31 bits per heavy atom. The van der Waals surface area contributed by atoms with Gasteiger partial charge in [-0.1, -0.05) is 60.9 Å². The molecule has 0 amide bonds. The molecule has 4 N–H and O–H groups in total. The van der Waals surface area contributed by atoms with Gasteiger partial charge in [0.25, 0.3) is 0 Å². The van der Waals surface area contributed by atoms with Crippen molar-refractivity contribution in [2.24, 2.45) is 11.1 Å². The lowest BCUT2D eigenvalue weighted by molar-refractivity contribution is -0.143. The molecule has 1 aliphatic rings. The monoisotopic (exact) mass is 517 g/mol. The van der Waals surface area contributed by atoms with Crippen LogP contribution in [0.3, 0.4) is 0 Å². The van der Waals surface area contributed by atoms with Crippen LogP contribution in [0.25, 0.3) is 0 Å². The van der Waals surface area contributed by atoms with Gasteiger partial charge in [-0.05, 0) is 67.1 Å². The summed E-state index contributed by atoms with van der Waals surface area (Å²) in [6.45, 7) is 9.59. The van der Waals surface area contributed by atoms with Crippen LogP contribution in [0.5, 0.6) is 0 Å². The number of oxime groups is 1. The Hall–Kier alpha value is -3.10. The Balaban J connectivity index is 0.000000493. The summed E-state index contributed by atoms with van der Waals surface area (Å²) in [7, 11) is 0. The molecule has 36 heavy (non-hydrogen) atoms. The van der Waals surface area contributed by atoms with Gasteiger partial charge in [-0.2, -0.15) is 0 Å². The number of fused-ring (bicyclic) bond motifs is 1. The molecule has 8 nitrogen and oxygen atoms in total. The van der Waals surface area contributed by atoms with Crippen molar-refractivity contribution in [3.8, 4) is 0 Å². The van der Waals surface area contributed by atoms with Crippen molar-refractivity contribution in [2.75, 3.05) is 25.0 Å². The molecule has 0 spiro atoms. The second-order valence-corrected chi connectivity index (χ2v) is 9.42. The van der Waals surface area contributed by atoms with Crippen LogP contribution >= 0.6 is 11.6 Å². The molecule has 2 aromatic rings. The number of hydrogen-bond acceptors (Lipinski definition) is 6. The average molecular weight is 518 g/mol. The van der Waals surface area contributed by atoms with Crippen molar-refractivity contribution in [1.82, 2.24) is 5.32 Å². The van der Waals surface area contributed by atoms with Crippen molar-refractivity contribution in [1.29, 1.82) is 0 Å². The lowest BCUT2D eigenvalue weighted by Crippen LogP contribution is -2.16. The van der Waals surface area contributed by atoms with Gasteiger partial charge in [0.05, 0.1) is 29.3 Å². The molecule has 1 heterocycles. The molecule has 0 radical (unpaired) electrons. The second-order valence-electron chi connectivity index (χ2n) is 9.01.